The minimum atomic E-state index is -1.14. The Labute approximate surface area is 94.1 Å². The molecule has 0 aliphatic carbocycles. The van der Waals surface area contributed by atoms with Crippen LogP contribution >= 0.6 is 0 Å². The Kier molecular flexibility index (Phi) is 8.46. The minimum absolute atomic E-state index is 0.0674. The first-order chi connectivity index (χ1) is 7.57. The molecule has 1 atom stereocenters. The van der Waals surface area contributed by atoms with E-state index in [-0.39, 0.29) is 19.3 Å². The lowest BCUT2D eigenvalue weighted by Crippen LogP contribution is -2.24. The smallest absolute Gasteiger partial charge is 0.336 e. The van der Waals surface area contributed by atoms with E-state index in [1.807, 2.05) is 6.92 Å². The fourth-order valence-corrected chi connectivity index (χ4v) is 0.985. The maximum absolute atomic E-state index is 10.7. The van der Waals surface area contributed by atoms with Gasteiger partial charge in [0.25, 0.3) is 0 Å². The van der Waals surface area contributed by atoms with Gasteiger partial charge in [-0.1, -0.05) is 13.3 Å². The van der Waals surface area contributed by atoms with E-state index in [4.69, 9.17) is 20.0 Å². The van der Waals surface area contributed by atoms with Crippen molar-refractivity contribution in [1.29, 1.82) is 0 Å². The Balaban J connectivity index is 3.71. The zero-order valence-electron chi connectivity index (χ0n) is 9.35. The minimum Gasteiger partial charge on any atom is -0.481 e. The summed E-state index contributed by atoms with van der Waals surface area (Å²) >= 11 is 0. The van der Waals surface area contributed by atoms with Crippen molar-refractivity contribution in [2.75, 3.05) is 6.61 Å². The molecule has 0 aromatic heterocycles. The van der Waals surface area contributed by atoms with Gasteiger partial charge in [0, 0.05) is 6.42 Å². The molecule has 0 spiro atoms. The number of carboxylic acids is 2. The van der Waals surface area contributed by atoms with Gasteiger partial charge in [-0.25, -0.2) is 14.6 Å². The van der Waals surface area contributed by atoms with Gasteiger partial charge < -0.3 is 10.2 Å². The van der Waals surface area contributed by atoms with Crippen LogP contribution in [0.3, 0.4) is 0 Å². The molecule has 94 valence electrons. The second-order valence-corrected chi connectivity index (χ2v) is 3.38. The van der Waals surface area contributed by atoms with Crippen molar-refractivity contribution in [3.05, 3.63) is 0 Å². The standard InChI is InChI=1S/C10H18O6/c1-2-3-7-15-16-8(10(13)14)5-4-6-9(11)12/h8H,2-7H2,1H3,(H,11,12)(H,13,14). The maximum Gasteiger partial charge on any atom is 0.336 e. The van der Waals surface area contributed by atoms with E-state index in [0.29, 0.717) is 6.61 Å². The molecule has 0 aliphatic heterocycles. The topological polar surface area (TPSA) is 93.1 Å². The van der Waals surface area contributed by atoms with Crippen LogP contribution in [-0.2, 0) is 19.4 Å². The zero-order valence-corrected chi connectivity index (χ0v) is 9.35. The van der Waals surface area contributed by atoms with E-state index in [1.165, 1.54) is 0 Å². The monoisotopic (exact) mass is 234 g/mol. The quantitative estimate of drug-likeness (QED) is 0.337. The summed E-state index contributed by atoms with van der Waals surface area (Å²) in [5, 5.41) is 17.1. The number of hydrogen-bond donors (Lipinski definition) is 2. The van der Waals surface area contributed by atoms with Crippen molar-refractivity contribution < 1.29 is 29.6 Å². The van der Waals surface area contributed by atoms with E-state index in [9.17, 15) is 9.59 Å². The third-order valence-electron chi connectivity index (χ3n) is 1.90. The van der Waals surface area contributed by atoms with Crippen LogP contribution in [0.2, 0.25) is 0 Å². The van der Waals surface area contributed by atoms with E-state index < -0.39 is 18.0 Å². The van der Waals surface area contributed by atoms with E-state index in [2.05, 4.69) is 0 Å². The number of carboxylic acid groups (broad SMARTS) is 2. The van der Waals surface area contributed by atoms with Crippen molar-refractivity contribution in [2.45, 2.75) is 45.1 Å². The van der Waals surface area contributed by atoms with E-state index in [1.54, 1.807) is 0 Å². The number of rotatable bonds is 10. The Bertz CT molecular complexity index is 215. The first kappa shape index (κ1) is 14.9. The summed E-state index contributed by atoms with van der Waals surface area (Å²) < 4.78 is 0. The van der Waals surface area contributed by atoms with Crippen LogP contribution in [0.15, 0.2) is 0 Å². The van der Waals surface area contributed by atoms with Crippen molar-refractivity contribution in [3.8, 4) is 0 Å². The van der Waals surface area contributed by atoms with Gasteiger partial charge in [0.2, 0.25) is 0 Å². The fraction of sp³-hybridized carbons (Fsp3) is 0.800. The summed E-state index contributed by atoms with van der Waals surface area (Å²) in [7, 11) is 0. The second-order valence-electron chi connectivity index (χ2n) is 3.38. The first-order valence-corrected chi connectivity index (χ1v) is 5.30. The highest BCUT2D eigenvalue weighted by atomic mass is 17.2. The van der Waals surface area contributed by atoms with Crippen molar-refractivity contribution in [2.24, 2.45) is 0 Å². The number of hydrogen-bond acceptors (Lipinski definition) is 4. The van der Waals surface area contributed by atoms with Gasteiger partial charge in [-0.15, -0.1) is 0 Å². The molecule has 0 rings (SSSR count). The van der Waals surface area contributed by atoms with Gasteiger partial charge in [-0.05, 0) is 19.3 Å². The molecule has 16 heavy (non-hydrogen) atoms. The molecule has 0 aromatic rings. The molecule has 1 unspecified atom stereocenters. The van der Waals surface area contributed by atoms with Crippen LogP contribution in [0, 0.1) is 0 Å². The van der Waals surface area contributed by atoms with E-state index >= 15 is 0 Å². The Morgan fingerprint density at radius 1 is 1.25 bits per heavy atom. The predicted octanol–water partition coefficient (Wildman–Crippen LogP) is 1.44. The van der Waals surface area contributed by atoms with Crippen LogP contribution < -0.4 is 0 Å². The van der Waals surface area contributed by atoms with Crippen LogP contribution in [0.5, 0.6) is 0 Å². The molecule has 0 heterocycles. The van der Waals surface area contributed by atoms with Crippen LogP contribution in [0.1, 0.15) is 39.0 Å². The molecule has 0 aromatic carbocycles. The SMILES string of the molecule is CCCCOOC(CCCC(=O)O)C(=O)O. The summed E-state index contributed by atoms with van der Waals surface area (Å²) in [6.07, 6.45) is 0.956. The molecule has 0 radical (unpaired) electrons. The van der Waals surface area contributed by atoms with Crippen LogP contribution in [0.25, 0.3) is 0 Å². The summed E-state index contributed by atoms with van der Waals surface area (Å²) in [6, 6.07) is 0. The highest BCUT2D eigenvalue weighted by molar-refractivity contribution is 5.72. The lowest BCUT2D eigenvalue weighted by molar-refractivity contribution is -0.321. The number of aliphatic carboxylic acids is 2. The highest BCUT2D eigenvalue weighted by Crippen LogP contribution is 2.06. The summed E-state index contributed by atoms with van der Waals surface area (Å²) in [5.41, 5.74) is 0. The third-order valence-corrected chi connectivity index (χ3v) is 1.90. The summed E-state index contributed by atoms with van der Waals surface area (Å²) in [4.78, 5) is 30.3. The zero-order chi connectivity index (χ0) is 12.4. The largest absolute Gasteiger partial charge is 0.481 e. The van der Waals surface area contributed by atoms with Crippen LogP contribution in [-0.4, -0.2) is 34.9 Å². The van der Waals surface area contributed by atoms with Crippen molar-refractivity contribution >= 4 is 11.9 Å². The molecule has 2 N–H and O–H groups in total. The van der Waals surface area contributed by atoms with Gasteiger partial charge >= 0.3 is 11.9 Å². The lowest BCUT2D eigenvalue weighted by Gasteiger charge is -2.11. The van der Waals surface area contributed by atoms with Gasteiger partial charge in [0.15, 0.2) is 6.10 Å². The molecule has 0 fully saturated rings. The van der Waals surface area contributed by atoms with Gasteiger partial charge in [0.1, 0.15) is 0 Å². The molecule has 0 aliphatic rings. The summed E-state index contributed by atoms with van der Waals surface area (Å²) in [6.45, 7) is 2.32. The predicted molar refractivity (Wildman–Crippen MR) is 54.9 cm³/mol. The van der Waals surface area contributed by atoms with Gasteiger partial charge in [-0.3, -0.25) is 4.79 Å². The van der Waals surface area contributed by atoms with Crippen molar-refractivity contribution in [1.82, 2.24) is 0 Å². The fourth-order valence-electron chi connectivity index (χ4n) is 0.985. The average molecular weight is 234 g/mol. The van der Waals surface area contributed by atoms with Crippen LogP contribution in [0.4, 0.5) is 0 Å². The third kappa shape index (κ3) is 8.19. The molecule has 0 amide bonds. The summed E-state index contributed by atoms with van der Waals surface area (Å²) in [5.74, 6) is -2.09. The molecular formula is C10H18O6. The molecule has 0 saturated carbocycles. The van der Waals surface area contributed by atoms with E-state index in [0.717, 1.165) is 12.8 Å². The highest BCUT2D eigenvalue weighted by Gasteiger charge is 2.19. The Hall–Kier alpha value is -1.14. The number of unbranched alkanes of at least 4 members (excludes halogenated alkanes) is 1. The average Bonchev–Trinajstić information content (AvgIpc) is 2.20. The molecule has 6 nitrogen and oxygen atoms in total. The van der Waals surface area contributed by atoms with Gasteiger partial charge in [0.05, 0.1) is 6.61 Å². The molecule has 0 bridgehead atoms. The van der Waals surface area contributed by atoms with Gasteiger partial charge in [-0.2, -0.15) is 0 Å². The lowest BCUT2D eigenvalue weighted by atomic mass is 10.1. The van der Waals surface area contributed by atoms with Crippen molar-refractivity contribution in [3.63, 3.8) is 0 Å². The molecule has 0 saturated heterocycles. The normalized spacial score (nSPS) is 12.3. The Morgan fingerprint density at radius 3 is 2.44 bits per heavy atom. The maximum atomic E-state index is 10.7. The second kappa shape index (κ2) is 9.11. The Morgan fingerprint density at radius 2 is 1.94 bits per heavy atom. The first-order valence-electron chi connectivity index (χ1n) is 5.30. The molecule has 6 heteroatoms. The number of carbonyl (C=O) groups is 2. The molecular weight excluding hydrogens is 216 g/mol.